The Morgan fingerprint density at radius 2 is 1.86 bits per heavy atom. The van der Waals surface area contributed by atoms with Crippen LogP contribution in [0.1, 0.15) is 20.3 Å². The average molecular weight is 310 g/mol. The Hall–Kier alpha value is -2.44. The fraction of sp³-hybridized carbons (Fsp3) is 0.467. The number of hydrogen-bond donors (Lipinski definition) is 3. The minimum atomic E-state index is -1.06. The van der Waals surface area contributed by atoms with E-state index in [-0.39, 0.29) is 5.92 Å². The molecule has 0 bridgehead atoms. The summed E-state index contributed by atoms with van der Waals surface area (Å²) in [5, 5.41) is 14.2. The van der Waals surface area contributed by atoms with Crippen molar-refractivity contribution in [3.8, 4) is 11.5 Å². The Bertz CT molecular complexity index is 533. The van der Waals surface area contributed by atoms with E-state index >= 15 is 0 Å². The maximum atomic E-state index is 11.9. The van der Waals surface area contributed by atoms with Crippen LogP contribution in [-0.2, 0) is 4.79 Å². The van der Waals surface area contributed by atoms with E-state index in [0.29, 0.717) is 23.6 Å². The van der Waals surface area contributed by atoms with Gasteiger partial charge in [-0.3, -0.25) is 0 Å². The molecule has 0 radical (unpaired) electrons. The van der Waals surface area contributed by atoms with E-state index in [1.165, 1.54) is 14.2 Å². The van der Waals surface area contributed by atoms with Crippen LogP contribution >= 0.6 is 0 Å². The fourth-order valence-electron chi connectivity index (χ4n) is 1.91. The quantitative estimate of drug-likeness (QED) is 0.718. The molecule has 2 unspecified atom stereocenters. The Labute approximate surface area is 129 Å². The number of ether oxygens (including phenoxy) is 2. The number of carbonyl (C=O) groups excluding carboxylic acids is 1. The standard InChI is InChI=1S/C15H22N2O5/c1-5-9(2)13(14(18)19)17-15(20)16-10-6-7-11(21-3)12(8-10)22-4/h6-9,13H,5H2,1-4H3,(H,18,19)(H2,16,17,20). The van der Waals surface area contributed by atoms with Gasteiger partial charge in [-0.05, 0) is 18.1 Å². The van der Waals surface area contributed by atoms with Crippen LogP contribution in [0.15, 0.2) is 18.2 Å². The predicted octanol–water partition coefficient (Wildman–Crippen LogP) is 2.32. The van der Waals surface area contributed by atoms with E-state index in [9.17, 15) is 9.59 Å². The number of nitrogens with one attached hydrogen (secondary N) is 2. The maximum absolute atomic E-state index is 11.9. The van der Waals surface area contributed by atoms with Crippen LogP contribution in [0.25, 0.3) is 0 Å². The number of carbonyl (C=O) groups is 2. The topological polar surface area (TPSA) is 96.9 Å². The highest BCUT2D eigenvalue weighted by Gasteiger charge is 2.25. The Morgan fingerprint density at radius 1 is 1.23 bits per heavy atom. The maximum Gasteiger partial charge on any atom is 0.326 e. The lowest BCUT2D eigenvalue weighted by Gasteiger charge is -2.20. The second-order valence-electron chi connectivity index (χ2n) is 4.87. The lowest BCUT2D eigenvalue weighted by atomic mass is 9.99. The molecular weight excluding hydrogens is 288 g/mol. The number of benzene rings is 1. The van der Waals surface area contributed by atoms with E-state index in [4.69, 9.17) is 14.6 Å². The molecule has 7 heteroatoms. The molecule has 0 spiro atoms. The molecule has 3 N–H and O–H groups in total. The molecule has 1 rings (SSSR count). The highest BCUT2D eigenvalue weighted by atomic mass is 16.5. The highest BCUT2D eigenvalue weighted by Crippen LogP contribution is 2.29. The molecule has 0 heterocycles. The van der Waals surface area contributed by atoms with Crippen molar-refractivity contribution in [3.63, 3.8) is 0 Å². The van der Waals surface area contributed by atoms with Crippen LogP contribution in [0.2, 0.25) is 0 Å². The van der Waals surface area contributed by atoms with Gasteiger partial charge in [-0.25, -0.2) is 9.59 Å². The summed E-state index contributed by atoms with van der Waals surface area (Å²) in [5.74, 6) is -0.223. The smallest absolute Gasteiger partial charge is 0.326 e. The number of anilines is 1. The van der Waals surface area contributed by atoms with Gasteiger partial charge in [-0.15, -0.1) is 0 Å². The number of amides is 2. The third kappa shape index (κ3) is 4.54. The molecule has 0 aromatic heterocycles. The first-order chi connectivity index (χ1) is 10.4. The van der Waals surface area contributed by atoms with Crippen LogP contribution in [0.4, 0.5) is 10.5 Å². The summed E-state index contributed by atoms with van der Waals surface area (Å²) in [6.45, 7) is 3.64. The Morgan fingerprint density at radius 3 is 2.36 bits per heavy atom. The van der Waals surface area contributed by atoms with E-state index < -0.39 is 18.0 Å². The van der Waals surface area contributed by atoms with Gasteiger partial charge in [0.1, 0.15) is 6.04 Å². The molecule has 2 atom stereocenters. The Kier molecular flexibility index (Phi) is 6.49. The number of carboxylic acids is 1. The van der Waals surface area contributed by atoms with Gasteiger partial charge in [-0.1, -0.05) is 20.3 Å². The third-order valence-electron chi connectivity index (χ3n) is 3.41. The van der Waals surface area contributed by atoms with E-state index in [0.717, 1.165) is 0 Å². The molecule has 2 amide bonds. The van der Waals surface area contributed by atoms with Gasteiger partial charge < -0.3 is 25.2 Å². The number of hydrogen-bond acceptors (Lipinski definition) is 4. The summed E-state index contributed by atoms with van der Waals surface area (Å²) in [5.41, 5.74) is 0.475. The van der Waals surface area contributed by atoms with Crippen molar-refractivity contribution in [3.05, 3.63) is 18.2 Å². The predicted molar refractivity (Wildman–Crippen MR) is 82.6 cm³/mol. The van der Waals surface area contributed by atoms with Crippen molar-refractivity contribution < 1.29 is 24.2 Å². The second-order valence-corrected chi connectivity index (χ2v) is 4.87. The molecular formula is C15H22N2O5. The van der Waals surface area contributed by atoms with Crippen molar-refractivity contribution in [2.24, 2.45) is 5.92 Å². The van der Waals surface area contributed by atoms with Crippen molar-refractivity contribution in [1.29, 1.82) is 0 Å². The average Bonchev–Trinajstić information content (AvgIpc) is 2.51. The van der Waals surface area contributed by atoms with Crippen LogP contribution in [0.5, 0.6) is 11.5 Å². The van der Waals surface area contributed by atoms with Gasteiger partial charge in [0.25, 0.3) is 0 Å². The van der Waals surface area contributed by atoms with Gasteiger partial charge in [0, 0.05) is 11.8 Å². The van der Waals surface area contributed by atoms with Gasteiger partial charge >= 0.3 is 12.0 Å². The van der Waals surface area contributed by atoms with Crippen molar-refractivity contribution in [2.45, 2.75) is 26.3 Å². The van der Waals surface area contributed by atoms with Gasteiger partial charge in [0.05, 0.1) is 14.2 Å². The molecule has 122 valence electrons. The number of urea groups is 1. The zero-order valence-corrected chi connectivity index (χ0v) is 13.2. The lowest BCUT2D eigenvalue weighted by Crippen LogP contribution is -2.46. The van der Waals surface area contributed by atoms with Gasteiger partial charge in [0.2, 0.25) is 0 Å². The zero-order valence-electron chi connectivity index (χ0n) is 13.2. The minimum absolute atomic E-state index is 0.173. The molecule has 0 aliphatic heterocycles. The summed E-state index contributed by atoms with van der Waals surface area (Å²) in [7, 11) is 3.01. The highest BCUT2D eigenvalue weighted by molar-refractivity contribution is 5.92. The monoisotopic (exact) mass is 310 g/mol. The summed E-state index contributed by atoms with van der Waals surface area (Å²) in [6, 6.07) is 3.36. The van der Waals surface area contributed by atoms with E-state index in [1.807, 2.05) is 6.92 Å². The molecule has 1 aromatic carbocycles. The molecule has 22 heavy (non-hydrogen) atoms. The van der Waals surface area contributed by atoms with Crippen LogP contribution in [-0.4, -0.2) is 37.4 Å². The van der Waals surface area contributed by atoms with Crippen molar-refractivity contribution in [2.75, 3.05) is 19.5 Å². The first-order valence-corrected chi connectivity index (χ1v) is 6.95. The largest absolute Gasteiger partial charge is 0.493 e. The summed E-state index contributed by atoms with van der Waals surface area (Å²) in [6.07, 6.45) is 0.646. The number of methoxy groups -OCH3 is 2. The molecule has 0 saturated heterocycles. The molecule has 1 aromatic rings. The minimum Gasteiger partial charge on any atom is -0.493 e. The number of aliphatic carboxylic acids is 1. The molecule has 0 fully saturated rings. The Balaban J connectivity index is 2.77. The third-order valence-corrected chi connectivity index (χ3v) is 3.41. The van der Waals surface area contributed by atoms with Crippen molar-refractivity contribution >= 4 is 17.7 Å². The zero-order chi connectivity index (χ0) is 16.7. The van der Waals surface area contributed by atoms with Crippen LogP contribution in [0.3, 0.4) is 0 Å². The summed E-state index contributed by atoms with van der Waals surface area (Å²) in [4.78, 5) is 23.1. The first kappa shape index (κ1) is 17.6. The number of rotatable bonds is 7. The summed E-state index contributed by atoms with van der Waals surface area (Å²) < 4.78 is 10.2. The SMILES string of the molecule is CCC(C)C(NC(=O)Nc1ccc(OC)c(OC)c1)C(=O)O. The lowest BCUT2D eigenvalue weighted by molar-refractivity contribution is -0.140. The molecule has 0 aliphatic carbocycles. The fourth-order valence-corrected chi connectivity index (χ4v) is 1.91. The van der Waals surface area contributed by atoms with E-state index in [1.54, 1.807) is 25.1 Å². The summed E-state index contributed by atoms with van der Waals surface area (Å²) >= 11 is 0. The number of carboxylic acid groups (broad SMARTS) is 1. The molecule has 7 nitrogen and oxygen atoms in total. The molecule has 0 saturated carbocycles. The molecule has 0 aliphatic rings. The second kappa shape index (κ2) is 8.11. The van der Waals surface area contributed by atoms with Gasteiger partial charge in [-0.2, -0.15) is 0 Å². The first-order valence-electron chi connectivity index (χ1n) is 6.95. The van der Waals surface area contributed by atoms with Crippen LogP contribution in [0, 0.1) is 5.92 Å². The van der Waals surface area contributed by atoms with E-state index in [2.05, 4.69) is 10.6 Å². The normalized spacial score (nSPS) is 12.9. The van der Waals surface area contributed by atoms with Crippen LogP contribution < -0.4 is 20.1 Å². The van der Waals surface area contributed by atoms with Gasteiger partial charge in [0.15, 0.2) is 11.5 Å². The van der Waals surface area contributed by atoms with Crippen molar-refractivity contribution in [1.82, 2.24) is 5.32 Å².